The molecule has 1 saturated heterocycles. The minimum atomic E-state index is -0.598. The van der Waals surface area contributed by atoms with Crippen molar-refractivity contribution in [3.63, 3.8) is 0 Å². The maximum absolute atomic E-state index is 13.5. The number of amides is 1. The lowest BCUT2D eigenvalue weighted by atomic mass is 9.96. The normalized spacial score (nSPS) is 26.3. The van der Waals surface area contributed by atoms with Crippen LogP contribution in [-0.2, 0) is 17.4 Å². The summed E-state index contributed by atoms with van der Waals surface area (Å²) in [6.45, 7) is 5.78. The number of piperidine rings is 1. The summed E-state index contributed by atoms with van der Waals surface area (Å²) in [6, 6.07) is 4.64. The molecule has 1 aromatic carbocycles. The van der Waals surface area contributed by atoms with Gasteiger partial charge in [-0.05, 0) is 57.0 Å². The molecule has 2 heterocycles. The first-order valence-corrected chi connectivity index (χ1v) is 8.04. The molecule has 2 aromatic rings. The molecule has 5 nitrogen and oxygen atoms in total. The molecule has 2 aliphatic rings. The van der Waals surface area contributed by atoms with E-state index in [4.69, 9.17) is 0 Å². The van der Waals surface area contributed by atoms with Gasteiger partial charge < -0.3 is 10.6 Å². The number of aryl methyl sites for hydroxylation is 1. The van der Waals surface area contributed by atoms with Gasteiger partial charge in [0.05, 0.1) is 16.7 Å². The number of carbonyl (C=O) groups excluding carboxylic acids is 1. The topological polar surface area (TPSA) is 59.0 Å². The first-order valence-electron chi connectivity index (χ1n) is 8.04. The van der Waals surface area contributed by atoms with Crippen molar-refractivity contribution in [2.75, 3.05) is 13.1 Å². The van der Waals surface area contributed by atoms with E-state index in [1.54, 1.807) is 17.8 Å². The number of halogens is 1. The molecule has 1 aliphatic heterocycles. The predicted octanol–water partition coefficient (Wildman–Crippen LogP) is 1.53. The van der Waals surface area contributed by atoms with Gasteiger partial charge in [0.1, 0.15) is 5.82 Å². The molecule has 1 aromatic heterocycles. The summed E-state index contributed by atoms with van der Waals surface area (Å²) in [7, 11) is 1.79. The van der Waals surface area contributed by atoms with E-state index in [2.05, 4.69) is 15.7 Å². The Hall–Kier alpha value is -1.95. The van der Waals surface area contributed by atoms with Gasteiger partial charge in [-0.3, -0.25) is 9.48 Å². The van der Waals surface area contributed by atoms with E-state index in [1.165, 1.54) is 12.1 Å². The van der Waals surface area contributed by atoms with E-state index >= 15 is 0 Å². The first-order chi connectivity index (χ1) is 10.9. The molecule has 2 unspecified atom stereocenters. The van der Waals surface area contributed by atoms with Crippen molar-refractivity contribution in [2.24, 2.45) is 24.8 Å². The third-order valence-corrected chi connectivity index (χ3v) is 5.24. The fourth-order valence-electron chi connectivity index (χ4n) is 3.95. The molecule has 23 heavy (non-hydrogen) atoms. The Balaban J connectivity index is 1.62. The smallest absolute Gasteiger partial charge is 0.224 e. The molecule has 2 N–H and O–H groups in total. The molecule has 4 rings (SSSR count). The Labute approximate surface area is 134 Å². The second-order valence-corrected chi connectivity index (χ2v) is 7.26. The highest BCUT2D eigenvalue weighted by Gasteiger charge is 2.57. The number of hydrogen-bond donors (Lipinski definition) is 2. The Bertz CT molecular complexity index is 787. The molecule has 1 amide bonds. The SMILES string of the molecule is Cn1nc(C(C)(C)NC(=O)C2C3CNCC32)c2ccc(F)cc21. The van der Waals surface area contributed by atoms with Crippen LogP contribution in [0, 0.1) is 23.6 Å². The van der Waals surface area contributed by atoms with Gasteiger partial charge in [-0.15, -0.1) is 0 Å². The van der Waals surface area contributed by atoms with Crippen LogP contribution in [0.15, 0.2) is 18.2 Å². The third kappa shape index (κ3) is 2.24. The fraction of sp³-hybridized carbons (Fsp3) is 0.529. The fourth-order valence-corrected chi connectivity index (χ4v) is 3.95. The number of nitrogens with one attached hydrogen (secondary N) is 2. The van der Waals surface area contributed by atoms with Crippen LogP contribution >= 0.6 is 0 Å². The second kappa shape index (κ2) is 4.77. The van der Waals surface area contributed by atoms with Crippen LogP contribution in [0.1, 0.15) is 19.5 Å². The molecule has 2 fully saturated rings. The summed E-state index contributed by atoms with van der Waals surface area (Å²) in [5, 5.41) is 11.9. The Kier molecular flexibility index (Phi) is 3.04. The number of hydrogen-bond acceptors (Lipinski definition) is 3. The van der Waals surface area contributed by atoms with Crippen molar-refractivity contribution in [3.8, 4) is 0 Å². The molecule has 1 aliphatic carbocycles. The van der Waals surface area contributed by atoms with Crippen LogP contribution in [0.5, 0.6) is 0 Å². The molecule has 122 valence electrons. The van der Waals surface area contributed by atoms with Crippen molar-refractivity contribution in [1.82, 2.24) is 20.4 Å². The lowest BCUT2D eigenvalue weighted by Crippen LogP contribution is -2.43. The second-order valence-electron chi connectivity index (χ2n) is 7.26. The van der Waals surface area contributed by atoms with Gasteiger partial charge in [-0.25, -0.2) is 4.39 Å². The number of carbonyl (C=O) groups is 1. The van der Waals surface area contributed by atoms with Crippen LogP contribution < -0.4 is 10.6 Å². The monoisotopic (exact) mass is 316 g/mol. The average molecular weight is 316 g/mol. The summed E-state index contributed by atoms with van der Waals surface area (Å²) < 4.78 is 15.1. The Morgan fingerprint density at radius 2 is 2.09 bits per heavy atom. The van der Waals surface area contributed by atoms with Gasteiger partial charge in [0.2, 0.25) is 5.91 Å². The van der Waals surface area contributed by atoms with Crippen molar-refractivity contribution < 1.29 is 9.18 Å². The van der Waals surface area contributed by atoms with Crippen LogP contribution in [0.25, 0.3) is 10.9 Å². The van der Waals surface area contributed by atoms with E-state index in [0.29, 0.717) is 11.8 Å². The molecular formula is C17H21FN4O. The van der Waals surface area contributed by atoms with Crippen molar-refractivity contribution in [1.29, 1.82) is 0 Å². The molecule has 2 atom stereocenters. The Morgan fingerprint density at radius 1 is 1.39 bits per heavy atom. The maximum Gasteiger partial charge on any atom is 0.224 e. The highest BCUT2D eigenvalue weighted by molar-refractivity contribution is 5.86. The van der Waals surface area contributed by atoms with Gasteiger partial charge in [0, 0.05) is 18.4 Å². The van der Waals surface area contributed by atoms with Crippen LogP contribution in [0.3, 0.4) is 0 Å². The number of aromatic nitrogens is 2. The third-order valence-electron chi connectivity index (χ3n) is 5.24. The summed E-state index contributed by atoms with van der Waals surface area (Å²) in [5.74, 6) is 0.920. The van der Waals surface area contributed by atoms with Gasteiger partial charge in [0.15, 0.2) is 0 Å². The van der Waals surface area contributed by atoms with Crippen LogP contribution in [0.2, 0.25) is 0 Å². The average Bonchev–Trinajstić information content (AvgIpc) is 2.81. The van der Waals surface area contributed by atoms with Gasteiger partial charge in [-0.1, -0.05) is 0 Å². The summed E-state index contributed by atoms with van der Waals surface area (Å²) in [6.07, 6.45) is 0. The van der Waals surface area contributed by atoms with E-state index in [1.807, 2.05) is 13.8 Å². The van der Waals surface area contributed by atoms with Crippen molar-refractivity contribution in [2.45, 2.75) is 19.4 Å². The zero-order valence-electron chi connectivity index (χ0n) is 13.6. The molecule has 0 bridgehead atoms. The van der Waals surface area contributed by atoms with Gasteiger partial charge >= 0.3 is 0 Å². The van der Waals surface area contributed by atoms with E-state index in [-0.39, 0.29) is 17.6 Å². The zero-order chi connectivity index (χ0) is 16.4. The largest absolute Gasteiger partial charge is 0.345 e. The first kappa shape index (κ1) is 14.6. The number of benzene rings is 1. The predicted molar refractivity (Wildman–Crippen MR) is 85.2 cm³/mol. The standard InChI is InChI=1S/C17H21FN4O/c1-17(2,20-16(23)14-11-7-19-8-12(11)14)15-10-5-4-9(18)6-13(10)22(3)21-15/h4-6,11-12,14,19H,7-8H2,1-3H3,(H,20,23). The van der Waals surface area contributed by atoms with E-state index in [0.717, 1.165) is 29.7 Å². The lowest BCUT2D eigenvalue weighted by Gasteiger charge is -2.25. The maximum atomic E-state index is 13.5. The van der Waals surface area contributed by atoms with Crippen molar-refractivity contribution in [3.05, 3.63) is 29.7 Å². The minimum Gasteiger partial charge on any atom is -0.345 e. The Morgan fingerprint density at radius 3 is 2.78 bits per heavy atom. The highest BCUT2D eigenvalue weighted by Crippen LogP contribution is 2.49. The summed E-state index contributed by atoms with van der Waals surface area (Å²) in [5.41, 5.74) is 0.903. The molecule has 6 heteroatoms. The summed E-state index contributed by atoms with van der Waals surface area (Å²) in [4.78, 5) is 12.6. The quantitative estimate of drug-likeness (QED) is 0.903. The lowest BCUT2D eigenvalue weighted by molar-refractivity contribution is -0.124. The van der Waals surface area contributed by atoms with Gasteiger partial charge in [-0.2, -0.15) is 5.10 Å². The zero-order valence-corrected chi connectivity index (χ0v) is 13.6. The highest BCUT2D eigenvalue weighted by atomic mass is 19.1. The van der Waals surface area contributed by atoms with E-state index < -0.39 is 5.54 Å². The molecule has 0 radical (unpaired) electrons. The number of nitrogens with zero attached hydrogens (tertiary/aromatic N) is 2. The van der Waals surface area contributed by atoms with Gasteiger partial charge in [0.25, 0.3) is 0 Å². The molecule has 1 saturated carbocycles. The van der Waals surface area contributed by atoms with Crippen molar-refractivity contribution >= 4 is 16.8 Å². The van der Waals surface area contributed by atoms with E-state index in [9.17, 15) is 9.18 Å². The number of fused-ring (bicyclic) bond motifs is 2. The summed E-state index contributed by atoms with van der Waals surface area (Å²) >= 11 is 0. The van der Waals surface area contributed by atoms with Crippen LogP contribution in [-0.4, -0.2) is 28.8 Å². The minimum absolute atomic E-state index is 0.104. The molecular weight excluding hydrogens is 295 g/mol. The molecule has 0 spiro atoms. The van der Waals surface area contributed by atoms with Crippen LogP contribution in [0.4, 0.5) is 4.39 Å². The number of rotatable bonds is 3.